The van der Waals surface area contributed by atoms with Crippen LogP contribution in [0.15, 0.2) is 42.6 Å². The molecular formula is C18H19F2N3O. The van der Waals surface area contributed by atoms with Gasteiger partial charge in [0, 0.05) is 32.7 Å². The molecule has 1 aliphatic rings. The molecule has 4 nitrogen and oxygen atoms in total. The summed E-state index contributed by atoms with van der Waals surface area (Å²) in [5.74, 6) is -2.13. The Bertz CT molecular complexity index is 709. The molecule has 0 atom stereocenters. The Hall–Kier alpha value is -2.34. The molecule has 0 radical (unpaired) electrons. The van der Waals surface area contributed by atoms with Gasteiger partial charge >= 0.3 is 0 Å². The number of carbonyl (C=O) groups excluding carboxylic acids is 1. The number of hydrogen-bond donors (Lipinski definition) is 0. The fourth-order valence-corrected chi connectivity index (χ4v) is 2.92. The molecule has 2 aromatic rings. The van der Waals surface area contributed by atoms with Crippen molar-refractivity contribution in [1.29, 1.82) is 0 Å². The Morgan fingerprint density at radius 2 is 1.88 bits per heavy atom. The van der Waals surface area contributed by atoms with E-state index in [0.29, 0.717) is 19.6 Å². The van der Waals surface area contributed by atoms with Gasteiger partial charge in [-0.15, -0.1) is 0 Å². The second kappa shape index (κ2) is 7.49. The Labute approximate surface area is 139 Å². The predicted octanol–water partition coefficient (Wildman–Crippen LogP) is 2.71. The van der Waals surface area contributed by atoms with Gasteiger partial charge in [0.05, 0.1) is 11.8 Å². The van der Waals surface area contributed by atoms with E-state index >= 15 is 0 Å². The van der Waals surface area contributed by atoms with Crippen LogP contribution in [0.3, 0.4) is 0 Å². The first-order valence-electron chi connectivity index (χ1n) is 8.00. The third-order valence-electron chi connectivity index (χ3n) is 4.16. The van der Waals surface area contributed by atoms with E-state index in [9.17, 15) is 13.6 Å². The zero-order valence-corrected chi connectivity index (χ0v) is 13.3. The lowest BCUT2D eigenvalue weighted by atomic mass is 10.2. The van der Waals surface area contributed by atoms with E-state index in [4.69, 9.17) is 0 Å². The Kier molecular flexibility index (Phi) is 5.15. The highest BCUT2D eigenvalue weighted by Crippen LogP contribution is 2.14. The lowest BCUT2D eigenvalue weighted by molar-refractivity contribution is 0.0754. The number of amides is 1. The second-order valence-corrected chi connectivity index (χ2v) is 5.90. The zero-order valence-electron chi connectivity index (χ0n) is 13.3. The van der Waals surface area contributed by atoms with E-state index < -0.39 is 17.7 Å². The fraction of sp³-hybridized carbons (Fsp3) is 0.333. The van der Waals surface area contributed by atoms with Crippen LogP contribution in [-0.2, 0) is 6.54 Å². The SMILES string of the molecule is O=C(c1cc(F)cnc1F)N1CCCN(Cc2ccccc2)CC1. The molecular weight excluding hydrogens is 312 g/mol. The Morgan fingerprint density at radius 3 is 2.67 bits per heavy atom. The van der Waals surface area contributed by atoms with E-state index in [1.807, 2.05) is 18.2 Å². The summed E-state index contributed by atoms with van der Waals surface area (Å²) in [5.41, 5.74) is 0.921. The molecule has 0 spiro atoms. The maximum Gasteiger partial charge on any atom is 0.258 e. The van der Waals surface area contributed by atoms with Gasteiger partial charge in [-0.25, -0.2) is 9.37 Å². The first kappa shape index (κ1) is 16.5. The van der Waals surface area contributed by atoms with Crippen LogP contribution >= 0.6 is 0 Å². The molecule has 3 rings (SSSR count). The molecule has 24 heavy (non-hydrogen) atoms. The molecule has 1 fully saturated rings. The van der Waals surface area contributed by atoms with Crippen molar-refractivity contribution in [3.63, 3.8) is 0 Å². The molecule has 126 valence electrons. The first-order valence-corrected chi connectivity index (χ1v) is 8.00. The van der Waals surface area contributed by atoms with Gasteiger partial charge in [0.15, 0.2) is 0 Å². The van der Waals surface area contributed by atoms with Gasteiger partial charge in [-0.1, -0.05) is 30.3 Å². The molecule has 2 heterocycles. The number of rotatable bonds is 3. The largest absolute Gasteiger partial charge is 0.337 e. The minimum Gasteiger partial charge on any atom is -0.337 e. The summed E-state index contributed by atoms with van der Waals surface area (Å²) in [6, 6.07) is 11.0. The van der Waals surface area contributed by atoms with Crippen molar-refractivity contribution in [2.24, 2.45) is 0 Å². The standard InChI is InChI=1S/C18H19F2N3O/c19-15-11-16(17(20)21-12-15)18(24)23-8-4-7-22(9-10-23)13-14-5-2-1-3-6-14/h1-3,5-6,11-12H,4,7-10,13H2. The van der Waals surface area contributed by atoms with Gasteiger partial charge in [0.2, 0.25) is 5.95 Å². The number of pyridine rings is 1. The number of benzene rings is 1. The van der Waals surface area contributed by atoms with Crippen LogP contribution < -0.4 is 0 Å². The molecule has 0 N–H and O–H groups in total. The van der Waals surface area contributed by atoms with Crippen LogP contribution in [-0.4, -0.2) is 46.9 Å². The summed E-state index contributed by atoms with van der Waals surface area (Å²) >= 11 is 0. The van der Waals surface area contributed by atoms with E-state index in [2.05, 4.69) is 22.0 Å². The van der Waals surface area contributed by atoms with Crippen LogP contribution in [0.5, 0.6) is 0 Å². The molecule has 1 aliphatic heterocycles. The second-order valence-electron chi connectivity index (χ2n) is 5.90. The van der Waals surface area contributed by atoms with Crippen LogP contribution in [0.1, 0.15) is 22.3 Å². The monoisotopic (exact) mass is 331 g/mol. The topological polar surface area (TPSA) is 36.4 Å². The van der Waals surface area contributed by atoms with Crippen molar-refractivity contribution in [3.8, 4) is 0 Å². The van der Waals surface area contributed by atoms with Gasteiger partial charge in [0.25, 0.3) is 5.91 Å². The molecule has 6 heteroatoms. The third-order valence-corrected chi connectivity index (χ3v) is 4.16. The maximum atomic E-state index is 13.7. The van der Waals surface area contributed by atoms with Gasteiger partial charge in [-0.3, -0.25) is 9.69 Å². The van der Waals surface area contributed by atoms with Crippen molar-refractivity contribution in [3.05, 3.63) is 65.5 Å². The van der Waals surface area contributed by atoms with Crippen LogP contribution in [0.2, 0.25) is 0 Å². The zero-order chi connectivity index (χ0) is 16.9. The number of aromatic nitrogens is 1. The van der Waals surface area contributed by atoms with Crippen LogP contribution in [0.4, 0.5) is 8.78 Å². The van der Waals surface area contributed by atoms with Crippen molar-refractivity contribution in [1.82, 2.24) is 14.8 Å². The van der Waals surface area contributed by atoms with Crippen LogP contribution in [0.25, 0.3) is 0 Å². The lowest BCUT2D eigenvalue weighted by Gasteiger charge is -2.22. The van der Waals surface area contributed by atoms with Gasteiger partial charge in [-0.2, -0.15) is 4.39 Å². The average molecular weight is 331 g/mol. The summed E-state index contributed by atoms with van der Waals surface area (Å²) in [7, 11) is 0. The van der Waals surface area contributed by atoms with Gasteiger partial charge in [-0.05, 0) is 18.1 Å². The minimum atomic E-state index is -0.924. The van der Waals surface area contributed by atoms with Gasteiger partial charge in [0.1, 0.15) is 5.82 Å². The number of carbonyl (C=O) groups is 1. The number of nitrogens with zero attached hydrogens (tertiary/aromatic N) is 3. The Balaban J connectivity index is 1.65. The molecule has 1 amide bonds. The van der Waals surface area contributed by atoms with Crippen molar-refractivity contribution in [2.45, 2.75) is 13.0 Å². The summed E-state index contributed by atoms with van der Waals surface area (Å²) < 4.78 is 27.0. The predicted molar refractivity (Wildman–Crippen MR) is 86.4 cm³/mol. The molecule has 0 aliphatic carbocycles. The molecule has 1 aromatic heterocycles. The summed E-state index contributed by atoms with van der Waals surface area (Å²) in [6.07, 6.45) is 1.57. The fourth-order valence-electron chi connectivity index (χ4n) is 2.92. The number of hydrogen-bond acceptors (Lipinski definition) is 3. The van der Waals surface area contributed by atoms with Crippen molar-refractivity contribution >= 4 is 5.91 Å². The van der Waals surface area contributed by atoms with Crippen LogP contribution in [0, 0.1) is 11.8 Å². The van der Waals surface area contributed by atoms with E-state index in [1.165, 1.54) is 5.56 Å². The highest BCUT2D eigenvalue weighted by Gasteiger charge is 2.23. The highest BCUT2D eigenvalue weighted by molar-refractivity contribution is 5.94. The van der Waals surface area contributed by atoms with Gasteiger partial charge < -0.3 is 4.90 Å². The third kappa shape index (κ3) is 3.94. The van der Waals surface area contributed by atoms with E-state index in [0.717, 1.165) is 31.8 Å². The maximum absolute atomic E-state index is 13.7. The molecule has 1 saturated heterocycles. The van der Waals surface area contributed by atoms with E-state index in [1.54, 1.807) is 4.90 Å². The molecule has 0 saturated carbocycles. The van der Waals surface area contributed by atoms with Crippen molar-refractivity contribution < 1.29 is 13.6 Å². The average Bonchev–Trinajstić information content (AvgIpc) is 2.83. The molecule has 0 unspecified atom stereocenters. The quantitative estimate of drug-likeness (QED) is 0.812. The highest BCUT2D eigenvalue weighted by atomic mass is 19.1. The summed E-state index contributed by atoms with van der Waals surface area (Å²) in [6.45, 7) is 3.40. The summed E-state index contributed by atoms with van der Waals surface area (Å²) in [4.78, 5) is 19.6. The number of halogens is 2. The van der Waals surface area contributed by atoms with E-state index in [-0.39, 0.29) is 5.56 Å². The Morgan fingerprint density at radius 1 is 1.08 bits per heavy atom. The lowest BCUT2D eigenvalue weighted by Crippen LogP contribution is -2.35. The summed E-state index contributed by atoms with van der Waals surface area (Å²) in [5, 5.41) is 0. The molecule has 1 aromatic carbocycles. The first-order chi connectivity index (χ1) is 11.6. The normalized spacial score (nSPS) is 16.0. The minimum absolute atomic E-state index is 0.300. The molecule has 0 bridgehead atoms. The van der Waals surface area contributed by atoms with Crippen molar-refractivity contribution in [2.75, 3.05) is 26.2 Å². The smallest absolute Gasteiger partial charge is 0.258 e.